The molecule has 0 radical (unpaired) electrons. The number of hydrogen-bond donors (Lipinski definition) is 2. The van der Waals surface area contributed by atoms with Gasteiger partial charge in [0.05, 0.1) is 11.6 Å². The van der Waals surface area contributed by atoms with Gasteiger partial charge in [-0.1, -0.05) is 18.5 Å². The Bertz CT molecular complexity index is 441. The van der Waals surface area contributed by atoms with E-state index in [1.165, 1.54) is 0 Å². The van der Waals surface area contributed by atoms with Crippen molar-refractivity contribution >= 4 is 39.1 Å². The fraction of sp³-hybridized carbons (Fsp3) is 0.455. The quantitative estimate of drug-likeness (QED) is 0.823. The van der Waals surface area contributed by atoms with Gasteiger partial charge in [0.15, 0.2) is 5.15 Å². The molecule has 1 fully saturated rings. The normalized spacial score (nSPS) is 23.7. The molecule has 0 saturated carbocycles. The summed E-state index contributed by atoms with van der Waals surface area (Å²) < 4.78 is 0.787. The van der Waals surface area contributed by atoms with Gasteiger partial charge in [-0.15, -0.1) is 0 Å². The highest BCUT2D eigenvalue weighted by Gasteiger charge is 2.29. The van der Waals surface area contributed by atoms with Crippen LogP contribution in [-0.4, -0.2) is 24.0 Å². The Labute approximate surface area is 113 Å². The van der Waals surface area contributed by atoms with E-state index >= 15 is 0 Å². The molecular formula is C11H13BrClN3O. The van der Waals surface area contributed by atoms with Crippen LogP contribution in [0.15, 0.2) is 16.7 Å². The maximum absolute atomic E-state index is 12.0. The van der Waals surface area contributed by atoms with Crippen molar-refractivity contribution in [2.45, 2.75) is 6.92 Å². The SMILES string of the molecule is C[C@@H]1CNC[C@H]1C(=O)Nc1cc(Br)cnc1Cl. The second kappa shape index (κ2) is 5.33. The Balaban J connectivity index is 2.10. The number of carbonyl (C=O) groups excluding carboxylic acids is 1. The molecule has 17 heavy (non-hydrogen) atoms. The molecule has 6 heteroatoms. The molecule has 0 aliphatic carbocycles. The lowest BCUT2D eigenvalue weighted by Crippen LogP contribution is -2.28. The zero-order chi connectivity index (χ0) is 12.4. The second-order valence-electron chi connectivity index (χ2n) is 4.22. The van der Waals surface area contributed by atoms with Gasteiger partial charge in [0.1, 0.15) is 0 Å². The lowest BCUT2D eigenvalue weighted by atomic mass is 9.97. The monoisotopic (exact) mass is 317 g/mol. The lowest BCUT2D eigenvalue weighted by Gasteiger charge is -2.14. The van der Waals surface area contributed by atoms with Gasteiger partial charge in [0, 0.05) is 17.2 Å². The van der Waals surface area contributed by atoms with Crippen LogP contribution in [0.4, 0.5) is 5.69 Å². The number of amides is 1. The van der Waals surface area contributed by atoms with E-state index in [1.807, 2.05) is 0 Å². The van der Waals surface area contributed by atoms with Gasteiger partial charge in [0.25, 0.3) is 0 Å². The van der Waals surface area contributed by atoms with Crippen molar-refractivity contribution in [2.75, 3.05) is 18.4 Å². The Kier molecular flexibility index (Phi) is 4.01. The summed E-state index contributed by atoms with van der Waals surface area (Å²) in [5, 5.41) is 6.32. The first kappa shape index (κ1) is 12.8. The molecule has 2 heterocycles. The van der Waals surface area contributed by atoms with Gasteiger partial charge in [-0.25, -0.2) is 4.98 Å². The topological polar surface area (TPSA) is 54.0 Å². The number of pyridine rings is 1. The van der Waals surface area contributed by atoms with Crippen LogP contribution in [0, 0.1) is 11.8 Å². The molecule has 2 rings (SSSR count). The Hall–Kier alpha value is -0.650. The van der Waals surface area contributed by atoms with Gasteiger partial charge in [-0.05, 0) is 34.5 Å². The fourth-order valence-electron chi connectivity index (χ4n) is 1.90. The molecule has 1 aliphatic rings. The van der Waals surface area contributed by atoms with Gasteiger partial charge in [0.2, 0.25) is 5.91 Å². The molecule has 0 unspecified atom stereocenters. The zero-order valence-electron chi connectivity index (χ0n) is 9.34. The number of anilines is 1. The largest absolute Gasteiger partial charge is 0.323 e. The fourth-order valence-corrected chi connectivity index (χ4v) is 2.38. The third-order valence-electron chi connectivity index (χ3n) is 2.92. The van der Waals surface area contributed by atoms with Gasteiger partial charge in [-0.3, -0.25) is 4.79 Å². The molecule has 1 aliphatic heterocycles. The summed E-state index contributed by atoms with van der Waals surface area (Å²) >= 11 is 9.22. The van der Waals surface area contributed by atoms with E-state index in [4.69, 9.17) is 11.6 Å². The maximum Gasteiger partial charge on any atom is 0.229 e. The van der Waals surface area contributed by atoms with Crippen LogP contribution >= 0.6 is 27.5 Å². The summed E-state index contributed by atoms with van der Waals surface area (Å²) in [5.74, 6) is 0.322. The van der Waals surface area contributed by atoms with Crippen molar-refractivity contribution in [3.8, 4) is 0 Å². The summed E-state index contributed by atoms with van der Waals surface area (Å²) in [6.45, 7) is 3.65. The summed E-state index contributed by atoms with van der Waals surface area (Å²) in [6.07, 6.45) is 1.59. The number of halogens is 2. The summed E-state index contributed by atoms with van der Waals surface area (Å²) in [7, 11) is 0. The van der Waals surface area contributed by atoms with E-state index < -0.39 is 0 Å². The van der Waals surface area contributed by atoms with E-state index in [0.717, 1.165) is 11.0 Å². The molecule has 0 aromatic carbocycles. The minimum atomic E-state index is -0.00991. The summed E-state index contributed by atoms with van der Waals surface area (Å²) in [6, 6.07) is 1.75. The molecule has 1 aromatic heterocycles. The van der Waals surface area contributed by atoms with Crippen molar-refractivity contribution < 1.29 is 4.79 Å². The van der Waals surface area contributed by atoms with Crippen LogP contribution in [0.2, 0.25) is 5.15 Å². The van der Waals surface area contributed by atoms with Gasteiger partial charge >= 0.3 is 0 Å². The number of rotatable bonds is 2. The average molecular weight is 319 g/mol. The molecule has 2 N–H and O–H groups in total. The molecule has 92 valence electrons. The van der Waals surface area contributed by atoms with E-state index in [2.05, 4.69) is 38.5 Å². The van der Waals surface area contributed by atoms with Crippen molar-refractivity contribution in [3.05, 3.63) is 21.9 Å². The van der Waals surface area contributed by atoms with Gasteiger partial charge < -0.3 is 10.6 Å². The van der Waals surface area contributed by atoms with Crippen molar-refractivity contribution in [1.29, 1.82) is 0 Å². The standard InChI is InChI=1S/C11H13BrClN3O/c1-6-3-14-5-8(6)11(17)16-9-2-7(12)4-15-10(9)13/h2,4,6,8,14H,3,5H2,1H3,(H,16,17)/t6-,8-/m1/s1. The molecule has 4 nitrogen and oxygen atoms in total. The van der Waals surface area contributed by atoms with Crippen molar-refractivity contribution in [2.24, 2.45) is 11.8 Å². The Morgan fingerprint density at radius 2 is 2.41 bits per heavy atom. The molecular weight excluding hydrogens is 305 g/mol. The predicted molar refractivity (Wildman–Crippen MR) is 71.1 cm³/mol. The predicted octanol–water partition coefficient (Wildman–Crippen LogP) is 2.29. The first-order chi connectivity index (χ1) is 8.08. The van der Waals surface area contributed by atoms with Crippen molar-refractivity contribution in [1.82, 2.24) is 10.3 Å². The number of hydrogen-bond acceptors (Lipinski definition) is 3. The first-order valence-corrected chi connectivity index (χ1v) is 6.57. The molecule has 1 saturated heterocycles. The van der Waals surface area contributed by atoms with E-state index in [1.54, 1.807) is 12.3 Å². The number of nitrogens with one attached hydrogen (secondary N) is 2. The van der Waals surface area contributed by atoms with Crippen molar-refractivity contribution in [3.63, 3.8) is 0 Å². The molecule has 1 aromatic rings. The second-order valence-corrected chi connectivity index (χ2v) is 5.50. The van der Waals surface area contributed by atoms with Crippen LogP contribution in [0.3, 0.4) is 0 Å². The molecule has 1 amide bonds. The zero-order valence-corrected chi connectivity index (χ0v) is 11.7. The summed E-state index contributed by atoms with van der Waals surface area (Å²) in [5.41, 5.74) is 0.546. The van der Waals surface area contributed by atoms with Crippen LogP contribution in [-0.2, 0) is 4.79 Å². The minimum Gasteiger partial charge on any atom is -0.323 e. The maximum atomic E-state index is 12.0. The third-order valence-corrected chi connectivity index (χ3v) is 3.65. The average Bonchev–Trinajstić information content (AvgIpc) is 2.70. The van der Waals surface area contributed by atoms with Crippen LogP contribution < -0.4 is 10.6 Å². The molecule has 0 spiro atoms. The highest BCUT2D eigenvalue weighted by Crippen LogP contribution is 2.25. The minimum absolute atomic E-state index is 0.00921. The number of nitrogens with zero attached hydrogens (tertiary/aromatic N) is 1. The van der Waals surface area contributed by atoms with E-state index in [9.17, 15) is 4.79 Å². The Morgan fingerprint density at radius 1 is 1.65 bits per heavy atom. The number of carbonyl (C=O) groups is 1. The highest BCUT2D eigenvalue weighted by molar-refractivity contribution is 9.10. The van der Waals surface area contributed by atoms with Crippen LogP contribution in [0.5, 0.6) is 0 Å². The van der Waals surface area contributed by atoms with Crippen LogP contribution in [0.1, 0.15) is 6.92 Å². The van der Waals surface area contributed by atoms with E-state index in [-0.39, 0.29) is 11.8 Å². The Morgan fingerprint density at radius 3 is 3.06 bits per heavy atom. The lowest BCUT2D eigenvalue weighted by molar-refractivity contribution is -0.120. The molecule has 0 bridgehead atoms. The molecule has 2 atom stereocenters. The third kappa shape index (κ3) is 2.97. The summed E-state index contributed by atoms with van der Waals surface area (Å²) in [4.78, 5) is 16.0. The first-order valence-electron chi connectivity index (χ1n) is 5.40. The highest BCUT2D eigenvalue weighted by atomic mass is 79.9. The smallest absolute Gasteiger partial charge is 0.229 e. The van der Waals surface area contributed by atoms with Crippen LogP contribution in [0.25, 0.3) is 0 Å². The number of aromatic nitrogens is 1. The van der Waals surface area contributed by atoms with E-state index in [0.29, 0.717) is 23.3 Å². The van der Waals surface area contributed by atoms with Gasteiger partial charge in [-0.2, -0.15) is 0 Å².